The Morgan fingerprint density at radius 2 is 0.857 bits per heavy atom. The molecule has 7 heavy (non-hydrogen) atoms. The maximum atomic E-state index is 8.49. The molecule has 32 valence electrons. The molecule has 0 saturated carbocycles. The molecule has 0 N–H and O–H groups in total. The van der Waals surface area contributed by atoms with Crippen LogP contribution in [-0.4, -0.2) is 17.4 Å². The van der Waals surface area contributed by atoms with Crippen molar-refractivity contribution in [2.75, 3.05) is 0 Å². The minimum Gasteiger partial charge on any atom is -0.222 e. The monoisotopic (exact) mass is 165 g/mol. The van der Waals surface area contributed by atoms with E-state index in [0.717, 1.165) is 0 Å². The van der Waals surface area contributed by atoms with Crippen LogP contribution in [0.15, 0.2) is 0 Å². The van der Waals surface area contributed by atoms with Gasteiger partial charge in [0, 0.05) is 0 Å². The van der Waals surface area contributed by atoms with Crippen LogP contribution in [0.25, 0.3) is 0 Å². The van der Waals surface area contributed by atoms with Crippen LogP contribution in [-0.2, 0) is 0 Å². The van der Waals surface area contributed by atoms with Crippen LogP contribution in [0.4, 0.5) is 0 Å². The van der Waals surface area contributed by atoms with Gasteiger partial charge in [-0.1, -0.05) is 0 Å². The van der Waals surface area contributed by atoms with Gasteiger partial charge in [-0.15, -0.1) is 10.2 Å². The molecule has 0 fully saturated rings. The molecule has 0 amide bonds. The predicted molar refractivity (Wildman–Crippen MR) is 5.75 cm³/mol. The Balaban J connectivity index is -0.0000000800. The van der Waals surface area contributed by atoms with E-state index in [1.165, 1.54) is 0 Å². The van der Waals surface area contributed by atoms with Crippen molar-refractivity contribution in [3.8, 4) is 0 Å². The molecule has 0 aliphatic heterocycles. The van der Waals surface area contributed by atoms with Crippen molar-refractivity contribution in [2.24, 2.45) is 0 Å². The molecular formula is AlClKO4+3. The Kier molecular flexibility index (Phi) is 14.8. The van der Waals surface area contributed by atoms with Crippen LogP contribution in [0, 0.1) is 10.2 Å². The number of hydrogen-bond donors (Lipinski definition) is 0. The van der Waals surface area contributed by atoms with Crippen molar-refractivity contribution >= 4 is 17.4 Å². The van der Waals surface area contributed by atoms with E-state index in [1.807, 2.05) is 0 Å². The van der Waals surface area contributed by atoms with Gasteiger partial charge < -0.3 is 0 Å². The Morgan fingerprint density at radius 1 is 0.857 bits per heavy atom. The quantitative estimate of drug-likeness (QED) is 0.333. The van der Waals surface area contributed by atoms with Crippen LogP contribution in [0.3, 0.4) is 0 Å². The maximum absolute atomic E-state index is 8.49. The molecule has 0 aromatic heterocycles. The Bertz CT molecular complexity index is 27.2. The Labute approximate surface area is 95.8 Å². The van der Waals surface area contributed by atoms with Crippen molar-refractivity contribution in [1.82, 2.24) is 0 Å². The SMILES string of the molecule is [Al+3].[K+].[O-][Cl+3]([O-])([O-])[O-]. The van der Waals surface area contributed by atoms with E-state index < -0.39 is 10.2 Å². The van der Waals surface area contributed by atoms with Gasteiger partial charge in [-0.25, -0.2) is 18.6 Å². The summed E-state index contributed by atoms with van der Waals surface area (Å²) in [7, 11) is -4.94. The molecular weight excluding hydrogens is 166 g/mol. The van der Waals surface area contributed by atoms with Crippen molar-refractivity contribution in [3.05, 3.63) is 0 Å². The van der Waals surface area contributed by atoms with Crippen molar-refractivity contribution in [3.63, 3.8) is 0 Å². The fourth-order valence-electron chi connectivity index (χ4n) is 0. The molecule has 0 saturated heterocycles. The Hall–Kier alpha value is 2.30. The summed E-state index contributed by atoms with van der Waals surface area (Å²) < 4.78 is 34.0. The summed E-state index contributed by atoms with van der Waals surface area (Å²) in [5.41, 5.74) is 0. The average molecular weight is 166 g/mol. The van der Waals surface area contributed by atoms with E-state index in [9.17, 15) is 0 Å². The third kappa shape index (κ3) is 62.3. The smallest absolute Gasteiger partial charge is 0.222 e. The standard InChI is InChI=1S/Al.ClHO4.K/c;2-1(3,4)5;/h;(H,2,3,4,5);/q+3;;+1/p-1. The molecule has 0 aromatic rings. The van der Waals surface area contributed by atoms with E-state index in [-0.39, 0.29) is 68.7 Å². The molecule has 0 aromatic carbocycles. The third-order valence-electron chi connectivity index (χ3n) is 0. The summed E-state index contributed by atoms with van der Waals surface area (Å²) in [5.74, 6) is 0. The second-order valence-electron chi connectivity index (χ2n) is 0.378. The van der Waals surface area contributed by atoms with Gasteiger partial charge in [0.1, 0.15) is 0 Å². The fraction of sp³-hybridized carbons (Fsp3) is 0. The molecule has 4 nitrogen and oxygen atoms in total. The first-order valence-corrected chi connectivity index (χ1v) is 1.85. The third-order valence-corrected chi connectivity index (χ3v) is 0. The molecule has 0 aliphatic carbocycles. The van der Waals surface area contributed by atoms with Gasteiger partial charge in [-0.3, -0.25) is 0 Å². The summed E-state index contributed by atoms with van der Waals surface area (Å²) in [6, 6.07) is 0. The largest absolute Gasteiger partial charge is 3.00 e. The van der Waals surface area contributed by atoms with Crippen molar-refractivity contribution in [1.29, 1.82) is 0 Å². The molecule has 0 rings (SSSR count). The number of halogens is 1. The van der Waals surface area contributed by atoms with Gasteiger partial charge in [-0.2, -0.15) is 0 Å². The second-order valence-corrected chi connectivity index (χ2v) is 1.13. The second kappa shape index (κ2) is 6.42. The predicted octanol–water partition coefficient (Wildman–Crippen LogP) is -8.13. The van der Waals surface area contributed by atoms with Gasteiger partial charge in [-0.05, 0) is 0 Å². The normalized spacial score (nSPS) is 8.57. The van der Waals surface area contributed by atoms with Crippen LogP contribution in [0.5, 0.6) is 0 Å². The van der Waals surface area contributed by atoms with E-state index >= 15 is 0 Å². The Morgan fingerprint density at radius 3 is 0.857 bits per heavy atom. The van der Waals surface area contributed by atoms with Crippen molar-refractivity contribution < 1.29 is 80.3 Å². The zero-order chi connectivity index (χ0) is 4.50. The fourth-order valence-corrected chi connectivity index (χ4v) is 0. The molecule has 0 unspecified atom stereocenters. The van der Waals surface area contributed by atoms with Gasteiger partial charge in [0.05, 0.1) is 0 Å². The van der Waals surface area contributed by atoms with Gasteiger partial charge in [0.15, 0.2) is 0 Å². The summed E-state index contributed by atoms with van der Waals surface area (Å²) >= 11 is 0. The molecule has 0 heterocycles. The maximum Gasteiger partial charge on any atom is 3.00 e. The molecule has 0 atom stereocenters. The topological polar surface area (TPSA) is 92.2 Å². The first-order chi connectivity index (χ1) is 2.00. The minimum atomic E-state index is -4.94. The van der Waals surface area contributed by atoms with E-state index in [1.54, 1.807) is 0 Å². The summed E-state index contributed by atoms with van der Waals surface area (Å²) in [6.45, 7) is 0. The van der Waals surface area contributed by atoms with Gasteiger partial charge in [0.25, 0.3) is 0 Å². The summed E-state index contributed by atoms with van der Waals surface area (Å²) in [4.78, 5) is 0. The zero-order valence-electron chi connectivity index (χ0n) is 3.59. The van der Waals surface area contributed by atoms with Crippen molar-refractivity contribution in [2.45, 2.75) is 0 Å². The average Bonchev–Trinajstić information content (AvgIpc) is 0.722. The van der Waals surface area contributed by atoms with Crippen LogP contribution in [0.2, 0.25) is 0 Å². The number of hydrogen-bond acceptors (Lipinski definition) is 4. The summed E-state index contributed by atoms with van der Waals surface area (Å²) in [6.07, 6.45) is 0. The minimum absolute atomic E-state index is 0. The summed E-state index contributed by atoms with van der Waals surface area (Å²) in [5, 5.41) is 0. The zero-order valence-corrected chi connectivity index (χ0v) is 8.62. The first kappa shape index (κ1) is 16.1. The molecule has 0 radical (unpaired) electrons. The number of rotatable bonds is 0. The van der Waals surface area contributed by atoms with E-state index in [2.05, 4.69) is 0 Å². The van der Waals surface area contributed by atoms with E-state index in [0.29, 0.717) is 0 Å². The molecule has 0 spiro atoms. The van der Waals surface area contributed by atoms with Crippen LogP contribution >= 0.6 is 0 Å². The van der Waals surface area contributed by atoms with Gasteiger partial charge in [0.2, 0.25) is 0 Å². The van der Waals surface area contributed by atoms with Crippen LogP contribution in [0.1, 0.15) is 0 Å². The first-order valence-electron chi connectivity index (χ1n) is 0.617. The van der Waals surface area contributed by atoms with Gasteiger partial charge >= 0.3 is 68.7 Å². The molecule has 7 heteroatoms. The molecule has 0 aliphatic rings. The van der Waals surface area contributed by atoms with Crippen LogP contribution < -0.4 is 70.0 Å². The van der Waals surface area contributed by atoms with E-state index in [4.69, 9.17) is 18.6 Å². The molecule has 0 bridgehead atoms.